The second kappa shape index (κ2) is 14.0. The zero-order valence-corrected chi connectivity index (χ0v) is 21.6. The molecule has 0 aromatic heterocycles. The van der Waals surface area contributed by atoms with Gasteiger partial charge in [-0.2, -0.15) is 0 Å². The minimum atomic E-state index is -2.83. The molecule has 4 nitrogen and oxygen atoms in total. The summed E-state index contributed by atoms with van der Waals surface area (Å²) in [6.45, 7) is 0.840. The number of carbonyl (C=O) groups excluding carboxylic acids is 2. The smallest absolute Gasteiger partial charge is 0.306 e. The van der Waals surface area contributed by atoms with Gasteiger partial charge in [-0.15, -0.1) is 0 Å². The molecule has 3 unspecified atom stereocenters. The Balaban J connectivity index is 0.000000360. The standard InChI is InChI=1S/C13H13ClF2O2.C13H15ClF2O2.CH4/c1-18-12(17)6-10(11-7-13(11,15)16)8-2-4-9(14)5-3-8;1-13(15,16)8-10(7-12(17)18-2)9-3-5-11(14)6-4-9;/h2-5,10-11H,6-7H2,1H3;3-6,10H,7-8H2,1-2H3;1H4. The molecule has 0 heterocycles. The lowest BCUT2D eigenvalue weighted by atomic mass is 9.90. The van der Waals surface area contributed by atoms with Crippen LogP contribution in [0.2, 0.25) is 10.0 Å². The minimum Gasteiger partial charge on any atom is -0.469 e. The monoisotopic (exact) mass is 566 g/mol. The quantitative estimate of drug-likeness (QED) is 0.226. The van der Waals surface area contributed by atoms with E-state index >= 15 is 0 Å². The van der Waals surface area contributed by atoms with Crippen LogP contribution in [0.15, 0.2) is 48.5 Å². The van der Waals surface area contributed by atoms with Gasteiger partial charge in [0.05, 0.1) is 27.1 Å². The summed E-state index contributed by atoms with van der Waals surface area (Å²) in [7, 11) is 2.50. The molecule has 206 valence electrons. The summed E-state index contributed by atoms with van der Waals surface area (Å²) in [5.41, 5.74) is 1.36. The molecule has 0 N–H and O–H groups in total. The number of alkyl halides is 4. The lowest BCUT2D eigenvalue weighted by molar-refractivity contribution is -0.142. The van der Waals surface area contributed by atoms with Crippen molar-refractivity contribution in [2.24, 2.45) is 5.92 Å². The van der Waals surface area contributed by atoms with Crippen LogP contribution >= 0.6 is 23.2 Å². The van der Waals surface area contributed by atoms with E-state index in [4.69, 9.17) is 23.2 Å². The number of hydrogen-bond acceptors (Lipinski definition) is 4. The van der Waals surface area contributed by atoms with E-state index in [1.165, 1.54) is 14.2 Å². The van der Waals surface area contributed by atoms with E-state index in [1.54, 1.807) is 48.5 Å². The van der Waals surface area contributed by atoms with E-state index in [-0.39, 0.29) is 26.7 Å². The summed E-state index contributed by atoms with van der Waals surface area (Å²) in [6.07, 6.45) is -0.666. The van der Waals surface area contributed by atoms with Crippen LogP contribution in [0.5, 0.6) is 0 Å². The number of esters is 2. The molecule has 0 aliphatic heterocycles. The predicted octanol–water partition coefficient (Wildman–Crippen LogP) is 8.31. The van der Waals surface area contributed by atoms with Gasteiger partial charge in [-0.25, -0.2) is 17.6 Å². The molecule has 1 aliphatic rings. The molecule has 37 heavy (non-hydrogen) atoms. The van der Waals surface area contributed by atoms with Gasteiger partial charge < -0.3 is 9.47 Å². The summed E-state index contributed by atoms with van der Waals surface area (Å²) >= 11 is 11.5. The molecule has 1 aliphatic carbocycles. The fourth-order valence-electron chi connectivity index (χ4n) is 3.90. The van der Waals surface area contributed by atoms with Crippen LogP contribution in [-0.2, 0) is 19.1 Å². The van der Waals surface area contributed by atoms with Gasteiger partial charge in [-0.3, -0.25) is 9.59 Å². The van der Waals surface area contributed by atoms with Gasteiger partial charge in [0.2, 0.25) is 5.92 Å². The van der Waals surface area contributed by atoms with Crippen molar-refractivity contribution in [1.82, 2.24) is 0 Å². The Kier molecular flexibility index (Phi) is 12.4. The summed E-state index contributed by atoms with van der Waals surface area (Å²) < 4.78 is 61.7. The van der Waals surface area contributed by atoms with Gasteiger partial charge in [-0.1, -0.05) is 54.9 Å². The summed E-state index contributed by atoms with van der Waals surface area (Å²) in [5, 5.41) is 1.07. The molecule has 0 spiro atoms. The summed E-state index contributed by atoms with van der Waals surface area (Å²) in [6, 6.07) is 13.2. The molecule has 0 saturated heterocycles. The highest BCUT2D eigenvalue weighted by Crippen LogP contribution is 2.57. The lowest BCUT2D eigenvalue weighted by Gasteiger charge is -2.20. The highest BCUT2D eigenvalue weighted by atomic mass is 35.5. The average molecular weight is 567 g/mol. The normalized spacial score (nSPS) is 17.3. The number of carbonyl (C=O) groups is 2. The first-order valence-electron chi connectivity index (χ1n) is 11.2. The van der Waals surface area contributed by atoms with Gasteiger partial charge in [0, 0.05) is 34.7 Å². The summed E-state index contributed by atoms with van der Waals surface area (Å²) in [5.74, 6) is -8.34. The zero-order chi connectivity index (χ0) is 27.1. The van der Waals surface area contributed by atoms with Gasteiger partial charge in [-0.05, 0) is 48.2 Å². The van der Waals surface area contributed by atoms with Crippen molar-refractivity contribution in [2.75, 3.05) is 14.2 Å². The number of halogens is 6. The third kappa shape index (κ3) is 10.9. The van der Waals surface area contributed by atoms with Crippen LogP contribution in [0.4, 0.5) is 17.6 Å². The zero-order valence-electron chi connectivity index (χ0n) is 20.1. The number of benzene rings is 2. The fourth-order valence-corrected chi connectivity index (χ4v) is 4.15. The van der Waals surface area contributed by atoms with Crippen LogP contribution in [0.25, 0.3) is 0 Å². The van der Waals surface area contributed by atoms with Crippen LogP contribution < -0.4 is 0 Å². The molecule has 0 bridgehead atoms. The van der Waals surface area contributed by atoms with Crippen LogP contribution in [0, 0.1) is 5.92 Å². The Morgan fingerprint density at radius 3 is 1.70 bits per heavy atom. The molecule has 10 heteroatoms. The van der Waals surface area contributed by atoms with Crippen molar-refractivity contribution in [3.05, 3.63) is 69.7 Å². The van der Waals surface area contributed by atoms with E-state index in [0.717, 1.165) is 6.92 Å². The number of methoxy groups -OCH3 is 2. The topological polar surface area (TPSA) is 52.6 Å². The lowest BCUT2D eigenvalue weighted by Crippen LogP contribution is -2.18. The van der Waals surface area contributed by atoms with E-state index in [1.807, 2.05) is 0 Å². The Labute approximate surface area is 225 Å². The Morgan fingerprint density at radius 1 is 0.919 bits per heavy atom. The van der Waals surface area contributed by atoms with Gasteiger partial charge in [0.15, 0.2) is 0 Å². The second-order valence-corrected chi connectivity index (χ2v) is 9.69. The highest BCUT2D eigenvalue weighted by Gasteiger charge is 2.60. The van der Waals surface area contributed by atoms with Crippen molar-refractivity contribution < 1.29 is 36.6 Å². The van der Waals surface area contributed by atoms with E-state index in [9.17, 15) is 27.2 Å². The first kappa shape index (κ1) is 32.7. The molecular weight excluding hydrogens is 535 g/mol. The Morgan fingerprint density at radius 2 is 1.32 bits per heavy atom. The van der Waals surface area contributed by atoms with Crippen molar-refractivity contribution in [2.45, 2.75) is 63.7 Å². The van der Waals surface area contributed by atoms with Crippen molar-refractivity contribution in [3.63, 3.8) is 0 Å². The maximum Gasteiger partial charge on any atom is 0.306 e. The minimum absolute atomic E-state index is 0. The molecule has 3 rings (SSSR count). The first-order chi connectivity index (χ1) is 16.8. The molecule has 0 radical (unpaired) electrons. The van der Waals surface area contributed by atoms with Gasteiger partial charge >= 0.3 is 11.9 Å². The SMILES string of the molecule is C.COC(=O)CC(CC(C)(F)F)c1ccc(Cl)cc1.COC(=O)CC(c1ccc(Cl)cc1)C1CC1(F)F. The maximum atomic E-state index is 13.2. The van der Waals surface area contributed by atoms with Gasteiger partial charge in [0.25, 0.3) is 5.92 Å². The fraction of sp³-hybridized carbons (Fsp3) is 0.481. The van der Waals surface area contributed by atoms with Crippen molar-refractivity contribution in [1.29, 1.82) is 0 Å². The highest BCUT2D eigenvalue weighted by molar-refractivity contribution is 6.30. The molecule has 3 atom stereocenters. The predicted molar refractivity (Wildman–Crippen MR) is 137 cm³/mol. The molecule has 1 fully saturated rings. The molecule has 2 aromatic rings. The second-order valence-electron chi connectivity index (χ2n) is 8.81. The average Bonchev–Trinajstić information content (AvgIpc) is 3.44. The maximum absolute atomic E-state index is 13.2. The van der Waals surface area contributed by atoms with Crippen molar-refractivity contribution in [3.8, 4) is 0 Å². The third-order valence-corrected chi connectivity index (χ3v) is 6.36. The van der Waals surface area contributed by atoms with Crippen LogP contribution in [0.3, 0.4) is 0 Å². The van der Waals surface area contributed by atoms with Crippen LogP contribution in [-0.4, -0.2) is 38.0 Å². The first-order valence-corrected chi connectivity index (χ1v) is 11.9. The number of rotatable bonds is 9. The van der Waals surface area contributed by atoms with E-state index < -0.39 is 48.0 Å². The Bertz CT molecular complexity index is 1010. The number of ether oxygens (including phenoxy) is 2. The van der Waals surface area contributed by atoms with E-state index in [2.05, 4.69) is 9.47 Å². The molecule has 2 aromatic carbocycles. The molecule has 1 saturated carbocycles. The van der Waals surface area contributed by atoms with E-state index in [0.29, 0.717) is 21.2 Å². The Hall–Kier alpha value is -2.32. The number of hydrogen-bond donors (Lipinski definition) is 0. The molecular formula is C27H32Cl2F4O4. The third-order valence-electron chi connectivity index (χ3n) is 5.86. The van der Waals surface area contributed by atoms with Gasteiger partial charge in [0.1, 0.15) is 0 Å². The largest absolute Gasteiger partial charge is 0.469 e. The molecule has 0 amide bonds. The van der Waals surface area contributed by atoms with Crippen LogP contribution in [0.1, 0.15) is 63.0 Å². The summed E-state index contributed by atoms with van der Waals surface area (Å²) in [4.78, 5) is 22.6. The van der Waals surface area contributed by atoms with Crippen molar-refractivity contribution >= 4 is 35.1 Å².